The average Bonchev–Trinajstić information content (AvgIpc) is 2.64. The molecule has 1 aromatic heterocycles. The van der Waals surface area contributed by atoms with Gasteiger partial charge in [-0.1, -0.05) is 28.1 Å². The number of hydrogen-bond acceptors (Lipinski definition) is 4. The smallest absolute Gasteiger partial charge is 0.262 e. The fourth-order valence-electron chi connectivity index (χ4n) is 2.34. The maximum absolute atomic E-state index is 12.6. The molecule has 0 spiro atoms. The second kappa shape index (κ2) is 8.24. The van der Waals surface area contributed by atoms with Crippen molar-refractivity contribution < 1.29 is 8.42 Å². The van der Waals surface area contributed by atoms with E-state index in [0.29, 0.717) is 11.3 Å². The van der Waals surface area contributed by atoms with E-state index in [2.05, 4.69) is 25.6 Å². The topological polar surface area (TPSA) is 59.1 Å². The highest BCUT2D eigenvalue weighted by Crippen LogP contribution is 2.26. The molecular formula is C19H17BrN2O2S2. The lowest BCUT2D eigenvalue weighted by molar-refractivity contribution is 0.600. The summed E-state index contributed by atoms with van der Waals surface area (Å²) >= 11 is 5.00. The minimum absolute atomic E-state index is 0.266. The first kappa shape index (κ1) is 18.9. The third-order valence-electron chi connectivity index (χ3n) is 3.67. The molecule has 0 radical (unpaired) electrons. The highest BCUT2D eigenvalue weighted by molar-refractivity contribution is 9.10. The Hall–Kier alpha value is -1.83. The van der Waals surface area contributed by atoms with Crippen LogP contribution in [0.15, 0.2) is 81.3 Å². The molecule has 134 valence electrons. The number of benzene rings is 2. The monoisotopic (exact) mass is 448 g/mol. The molecule has 0 atom stereocenters. The normalized spacial score (nSPS) is 11.3. The average molecular weight is 449 g/mol. The summed E-state index contributed by atoms with van der Waals surface area (Å²) in [6, 6.07) is 16.5. The first-order valence-corrected chi connectivity index (χ1v) is 11.1. The number of aryl methyl sites for hydroxylation is 1. The number of thioether (sulfide) groups is 1. The number of pyridine rings is 1. The standard InChI is InChI=1S/C19H17BrN2O2S2/c1-14-4-5-16(20)11-19(14)26(23,24)22-17-6-8-18(9-7-17)25-13-15-3-2-10-21-12-15/h2-12,22H,13H2,1H3. The lowest BCUT2D eigenvalue weighted by Gasteiger charge is -2.11. The molecule has 0 aliphatic carbocycles. The summed E-state index contributed by atoms with van der Waals surface area (Å²) in [7, 11) is -3.63. The molecule has 0 aliphatic rings. The molecule has 3 aromatic rings. The summed E-state index contributed by atoms with van der Waals surface area (Å²) in [4.78, 5) is 5.43. The predicted molar refractivity (Wildman–Crippen MR) is 110 cm³/mol. The molecule has 2 aromatic carbocycles. The first-order valence-electron chi connectivity index (χ1n) is 7.85. The molecule has 7 heteroatoms. The third-order valence-corrected chi connectivity index (χ3v) is 6.77. The van der Waals surface area contributed by atoms with Gasteiger partial charge < -0.3 is 0 Å². The van der Waals surface area contributed by atoms with E-state index in [4.69, 9.17) is 0 Å². The Morgan fingerprint density at radius 2 is 1.88 bits per heavy atom. The third kappa shape index (κ3) is 4.87. The van der Waals surface area contributed by atoms with E-state index >= 15 is 0 Å². The van der Waals surface area contributed by atoms with Crippen LogP contribution < -0.4 is 4.72 Å². The van der Waals surface area contributed by atoms with Gasteiger partial charge in [0, 0.05) is 33.2 Å². The highest BCUT2D eigenvalue weighted by Gasteiger charge is 2.17. The Morgan fingerprint density at radius 3 is 2.58 bits per heavy atom. The van der Waals surface area contributed by atoms with Gasteiger partial charge in [0.1, 0.15) is 0 Å². The van der Waals surface area contributed by atoms with Gasteiger partial charge in [0.15, 0.2) is 0 Å². The lowest BCUT2D eigenvalue weighted by atomic mass is 10.2. The van der Waals surface area contributed by atoms with Crippen LogP contribution in [0.2, 0.25) is 0 Å². The van der Waals surface area contributed by atoms with Crippen LogP contribution in [0, 0.1) is 6.92 Å². The van der Waals surface area contributed by atoms with Crippen LogP contribution in [-0.4, -0.2) is 13.4 Å². The van der Waals surface area contributed by atoms with Crippen molar-refractivity contribution in [3.63, 3.8) is 0 Å². The van der Waals surface area contributed by atoms with E-state index in [-0.39, 0.29) is 4.90 Å². The molecule has 0 saturated carbocycles. The molecule has 26 heavy (non-hydrogen) atoms. The van der Waals surface area contributed by atoms with Crippen LogP contribution in [0.3, 0.4) is 0 Å². The molecule has 3 rings (SSSR count). The van der Waals surface area contributed by atoms with Crippen molar-refractivity contribution in [3.8, 4) is 0 Å². The highest BCUT2D eigenvalue weighted by atomic mass is 79.9. The first-order chi connectivity index (χ1) is 12.4. The quantitative estimate of drug-likeness (QED) is 0.523. The molecule has 0 aliphatic heterocycles. The van der Waals surface area contributed by atoms with Crippen molar-refractivity contribution in [2.75, 3.05) is 4.72 Å². The molecule has 0 bridgehead atoms. The lowest BCUT2D eigenvalue weighted by Crippen LogP contribution is -2.14. The Labute approximate surface area is 166 Å². The minimum Gasteiger partial charge on any atom is -0.280 e. The Kier molecular flexibility index (Phi) is 6.01. The zero-order chi connectivity index (χ0) is 18.6. The van der Waals surface area contributed by atoms with Gasteiger partial charge in [0.25, 0.3) is 10.0 Å². The summed E-state index contributed by atoms with van der Waals surface area (Å²) in [5.41, 5.74) is 2.38. The van der Waals surface area contributed by atoms with E-state index in [1.807, 2.05) is 36.5 Å². The van der Waals surface area contributed by atoms with Crippen molar-refractivity contribution in [3.05, 3.63) is 82.6 Å². The predicted octanol–water partition coefficient (Wildman–Crippen LogP) is 5.25. The number of aromatic nitrogens is 1. The Balaban J connectivity index is 1.69. The zero-order valence-corrected chi connectivity index (χ0v) is 17.2. The van der Waals surface area contributed by atoms with E-state index in [0.717, 1.165) is 20.7 Å². The SMILES string of the molecule is Cc1ccc(Br)cc1S(=O)(=O)Nc1ccc(SCc2cccnc2)cc1. The Bertz CT molecular complexity index is 992. The van der Waals surface area contributed by atoms with Crippen LogP contribution in [0.1, 0.15) is 11.1 Å². The molecule has 0 unspecified atom stereocenters. The molecule has 4 nitrogen and oxygen atoms in total. The van der Waals surface area contributed by atoms with E-state index in [1.165, 1.54) is 0 Å². The summed E-state index contributed by atoms with van der Waals surface area (Å²) in [6.45, 7) is 1.78. The maximum Gasteiger partial charge on any atom is 0.262 e. The van der Waals surface area contributed by atoms with Gasteiger partial charge in [0.2, 0.25) is 0 Å². The summed E-state index contributed by atoms with van der Waals surface area (Å²) in [5, 5.41) is 0. The number of rotatable bonds is 6. The van der Waals surface area contributed by atoms with E-state index in [1.54, 1.807) is 49.1 Å². The van der Waals surface area contributed by atoms with E-state index in [9.17, 15) is 8.42 Å². The van der Waals surface area contributed by atoms with Gasteiger partial charge in [-0.3, -0.25) is 9.71 Å². The summed E-state index contributed by atoms with van der Waals surface area (Å²) < 4.78 is 28.6. The van der Waals surface area contributed by atoms with Crippen molar-refractivity contribution in [1.29, 1.82) is 0 Å². The second-order valence-electron chi connectivity index (χ2n) is 5.69. The molecular weight excluding hydrogens is 432 g/mol. The number of nitrogens with zero attached hydrogens (tertiary/aromatic N) is 1. The van der Waals surface area contributed by atoms with E-state index < -0.39 is 10.0 Å². The molecule has 0 fully saturated rings. The van der Waals surface area contributed by atoms with Crippen LogP contribution in [-0.2, 0) is 15.8 Å². The van der Waals surface area contributed by atoms with Gasteiger partial charge in [0.05, 0.1) is 4.90 Å². The number of hydrogen-bond donors (Lipinski definition) is 1. The van der Waals surface area contributed by atoms with Crippen LogP contribution in [0.25, 0.3) is 0 Å². The van der Waals surface area contributed by atoms with Gasteiger partial charge in [-0.2, -0.15) is 0 Å². The second-order valence-corrected chi connectivity index (χ2v) is 9.30. The largest absolute Gasteiger partial charge is 0.280 e. The number of halogens is 1. The van der Waals surface area contributed by atoms with Crippen molar-refractivity contribution in [1.82, 2.24) is 4.98 Å². The van der Waals surface area contributed by atoms with Crippen LogP contribution in [0.5, 0.6) is 0 Å². The van der Waals surface area contributed by atoms with Crippen molar-refractivity contribution >= 4 is 43.4 Å². The van der Waals surface area contributed by atoms with Gasteiger partial charge >= 0.3 is 0 Å². The van der Waals surface area contributed by atoms with Crippen LogP contribution in [0.4, 0.5) is 5.69 Å². The summed E-state index contributed by atoms with van der Waals surface area (Å²) in [6.07, 6.45) is 3.60. The molecule has 0 saturated heterocycles. The maximum atomic E-state index is 12.6. The number of sulfonamides is 1. The Morgan fingerprint density at radius 1 is 1.12 bits per heavy atom. The summed E-state index contributed by atoms with van der Waals surface area (Å²) in [5.74, 6) is 0.816. The zero-order valence-electron chi connectivity index (χ0n) is 14.0. The van der Waals surface area contributed by atoms with Gasteiger partial charge in [-0.15, -0.1) is 11.8 Å². The van der Waals surface area contributed by atoms with Gasteiger partial charge in [-0.05, 0) is 60.5 Å². The van der Waals surface area contributed by atoms with Crippen LogP contribution >= 0.6 is 27.7 Å². The molecule has 1 N–H and O–H groups in total. The van der Waals surface area contributed by atoms with Gasteiger partial charge in [-0.25, -0.2) is 8.42 Å². The molecule has 1 heterocycles. The fraction of sp³-hybridized carbons (Fsp3) is 0.105. The number of anilines is 1. The van der Waals surface area contributed by atoms with Crippen molar-refractivity contribution in [2.24, 2.45) is 0 Å². The van der Waals surface area contributed by atoms with Crippen molar-refractivity contribution in [2.45, 2.75) is 22.5 Å². The molecule has 0 amide bonds. The number of nitrogens with one attached hydrogen (secondary N) is 1. The minimum atomic E-state index is -3.63. The fourth-order valence-corrected chi connectivity index (χ4v) is 5.02.